The van der Waals surface area contributed by atoms with E-state index in [-0.39, 0.29) is 24.3 Å². The van der Waals surface area contributed by atoms with Crippen molar-refractivity contribution in [1.29, 1.82) is 0 Å². The number of alkyl halides is 3. The van der Waals surface area contributed by atoms with Crippen molar-refractivity contribution in [3.05, 3.63) is 34.2 Å². The maximum Gasteiger partial charge on any atom is 0.573 e. The Bertz CT molecular complexity index is 555. The van der Waals surface area contributed by atoms with Gasteiger partial charge in [-0.25, -0.2) is 0 Å². The minimum Gasteiger partial charge on any atom is -0.508 e. The largest absolute Gasteiger partial charge is 0.573 e. The number of halogens is 3. The third-order valence-corrected chi connectivity index (χ3v) is 1.81. The quantitative estimate of drug-likeness (QED) is 0.301. The van der Waals surface area contributed by atoms with Gasteiger partial charge in [-0.3, -0.25) is 0 Å². The van der Waals surface area contributed by atoms with Crippen molar-refractivity contribution >= 4 is 0 Å². The van der Waals surface area contributed by atoms with E-state index in [1.54, 1.807) is 0 Å². The van der Waals surface area contributed by atoms with Crippen LogP contribution in [-0.4, -0.2) is 18.0 Å². The molecule has 0 bridgehead atoms. The number of phenolic OH excluding ortho intramolecular Hbond substituents is 1. The van der Waals surface area contributed by atoms with Gasteiger partial charge in [0.1, 0.15) is 11.5 Å². The van der Waals surface area contributed by atoms with Crippen LogP contribution >= 0.6 is 0 Å². The first-order chi connectivity index (χ1) is 8.92. The SMILES string of the molecule is [N-]=[N+]=NCCC#Cc1cc(O)ccc1OC(F)(F)F. The number of benzene rings is 1. The van der Waals surface area contributed by atoms with Crippen LogP contribution in [-0.2, 0) is 0 Å². The van der Waals surface area contributed by atoms with Gasteiger partial charge in [-0.1, -0.05) is 17.0 Å². The summed E-state index contributed by atoms with van der Waals surface area (Å²) >= 11 is 0. The van der Waals surface area contributed by atoms with E-state index >= 15 is 0 Å². The molecule has 1 rings (SSSR count). The van der Waals surface area contributed by atoms with Gasteiger partial charge in [0, 0.05) is 17.9 Å². The second-order valence-corrected chi connectivity index (χ2v) is 3.23. The van der Waals surface area contributed by atoms with Crippen molar-refractivity contribution in [1.82, 2.24) is 0 Å². The molecule has 0 aliphatic heterocycles. The summed E-state index contributed by atoms with van der Waals surface area (Å²) in [7, 11) is 0. The first-order valence-corrected chi connectivity index (χ1v) is 5.01. The van der Waals surface area contributed by atoms with E-state index in [1.807, 2.05) is 0 Å². The monoisotopic (exact) mass is 271 g/mol. The van der Waals surface area contributed by atoms with Gasteiger partial charge in [0.2, 0.25) is 0 Å². The zero-order valence-electron chi connectivity index (χ0n) is 9.48. The molecule has 0 aromatic heterocycles. The number of rotatable bonds is 3. The van der Waals surface area contributed by atoms with Crippen LogP contribution in [0, 0.1) is 11.8 Å². The Labute approximate surface area is 106 Å². The molecule has 19 heavy (non-hydrogen) atoms. The molecule has 0 aliphatic carbocycles. The number of hydrogen-bond donors (Lipinski definition) is 1. The number of ether oxygens (including phenoxy) is 1. The Kier molecular flexibility index (Phi) is 4.92. The summed E-state index contributed by atoms with van der Waals surface area (Å²) in [6.07, 6.45) is -4.65. The van der Waals surface area contributed by atoms with Crippen molar-refractivity contribution in [2.24, 2.45) is 5.11 Å². The van der Waals surface area contributed by atoms with Gasteiger partial charge in [-0.2, -0.15) is 0 Å². The molecule has 1 N–H and O–H groups in total. The third kappa shape index (κ3) is 5.57. The standard InChI is InChI=1S/C11H8F3N3O2/c12-11(13,14)19-10-5-4-9(18)7-8(10)3-1-2-6-16-17-15/h4-5,7,18H,2,6H2. The zero-order valence-corrected chi connectivity index (χ0v) is 9.48. The molecule has 1 aromatic rings. The first-order valence-electron chi connectivity index (χ1n) is 5.01. The Balaban J connectivity index is 2.91. The Morgan fingerprint density at radius 2 is 2.16 bits per heavy atom. The van der Waals surface area contributed by atoms with Crippen LogP contribution in [0.5, 0.6) is 11.5 Å². The molecule has 0 amide bonds. The minimum atomic E-state index is -4.83. The molecule has 1 aromatic carbocycles. The summed E-state index contributed by atoms with van der Waals surface area (Å²) in [6, 6.07) is 3.09. The lowest BCUT2D eigenvalue weighted by atomic mass is 10.2. The number of nitrogens with zero attached hydrogens (tertiary/aromatic N) is 3. The minimum absolute atomic E-state index is 0.0988. The predicted molar refractivity (Wildman–Crippen MR) is 60.3 cm³/mol. The summed E-state index contributed by atoms with van der Waals surface area (Å²) in [6.45, 7) is 0.109. The molecule has 8 heteroatoms. The molecule has 5 nitrogen and oxygen atoms in total. The van der Waals surface area contributed by atoms with Crippen molar-refractivity contribution in [3.8, 4) is 23.3 Å². The molecular weight excluding hydrogens is 263 g/mol. The van der Waals surface area contributed by atoms with Crippen LogP contribution in [0.4, 0.5) is 13.2 Å². The Morgan fingerprint density at radius 1 is 1.42 bits per heavy atom. The van der Waals surface area contributed by atoms with Crippen molar-refractivity contribution < 1.29 is 23.0 Å². The highest BCUT2D eigenvalue weighted by Gasteiger charge is 2.32. The lowest BCUT2D eigenvalue weighted by Gasteiger charge is -2.10. The zero-order chi connectivity index (χ0) is 14.3. The highest BCUT2D eigenvalue weighted by Crippen LogP contribution is 2.28. The smallest absolute Gasteiger partial charge is 0.508 e. The van der Waals surface area contributed by atoms with Gasteiger partial charge in [0.25, 0.3) is 0 Å². The molecule has 0 saturated carbocycles. The normalized spacial score (nSPS) is 10.1. The maximum atomic E-state index is 12.1. The molecule has 100 valence electrons. The van der Waals surface area contributed by atoms with Crippen LogP contribution in [0.15, 0.2) is 23.3 Å². The van der Waals surface area contributed by atoms with Crippen molar-refractivity contribution in [2.45, 2.75) is 12.8 Å². The van der Waals surface area contributed by atoms with E-state index in [0.29, 0.717) is 0 Å². The molecule has 0 atom stereocenters. The fourth-order valence-corrected chi connectivity index (χ4v) is 1.14. The van der Waals surface area contributed by atoms with Gasteiger partial charge >= 0.3 is 6.36 Å². The average Bonchev–Trinajstić information content (AvgIpc) is 2.30. The second-order valence-electron chi connectivity index (χ2n) is 3.23. The van der Waals surface area contributed by atoms with Crippen molar-refractivity contribution in [3.63, 3.8) is 0 Å². The molecule has 0 unspecified atom stereocenters. The lowest BCUT2D eigenvalue weighted by molar-refractivity contribution is -0.274. The molecule has 0 saturated heterocycles. The van der Waals surface area contributed by atoms with Crippen LogP contribution in [0.25, 0.3) is 10.4 Å². The van der Waals surface area contributed by atoms with Crippen LogP contribution in [0.2, 0.25) is 0 Å². The maximum absolute atomic E-state index is 12.1. The fraction of sp³-hybridized carbons (Fsp3) is 0.273. The molecule has 0 spiro atoms. The van der Waals surface area contributed by atoms with E-state index in [4.69, 9.17) is 5.53 Å². The van der Waals surface area contributed by atoms with Crippen LogP contribution in [0.1, 0.15) is 12.0 Å². The average molecular weight is 271 g/mol. The van der Waals surface area contributed by atoms with Gasteiger partial charge in [-0.05, 0) is 23.7 Å². The van der Waals surface area contributed by atoms with E-state index in [1.165, 1.54) is 0 Å². The molecular formula is C11H8F3N3O2. The Morgan fingerprint density at radius 3 is 2.79 bits per heavy atom. The number of aromatic hydroxyl groups is 1. The molecule has 0 fully saturated rings. The molecule has 0 heterocycles. The number of azide groups is 1. The Hall–Kier alpha value is -2.52. The van der Waals surface area contributed by atoms with E-state index in [2.05, 4.69) is 26.6 Å². The highest BCUT2D eigenvalue weighted by atomic mass is 19.4. The number of phenols is 1. The van der Waals surface area contributed by atoms with Gasteiger partial charge in [0.05, 0.1) is 5.56 Å². The molecule has 0 radical (unpaired) electrons. The van der Waals surface area contributed by atoms with E-state index in [0.717, 1.165) is 18.2 Å². The highest BCUT2D eigenvalue weighted by molar-refractivity contribution is 5.49. The van der Waals surface area contributed by atoms with Crippen molar-refractivity contribution in [2.75, 3.05) is 6.54 Å². The van der Waals surface area contributed by atoms with Gasteiger partial charge < -0.3 is 9.84 Å². The summed E-state index contributed by atoms with van der Waals surface area (Å²) in [5.41, 5.74) is 7.92. The summed E-state index contributed by atoms with van der Waals surface area (Å²) in [5.74, 6) is 4.21. The van der Waals surface area contributed by atoms with E-state index in [9.17, 15) is 18.3 Å². The lowest BCUT2D eigenvalue weighted by Crippen LogP contribution is -2.17. The summed E-state index contributed by atoms with van der Waals surface area (Å²) in [5, 5.41) is 12.4. The summed E-state index contributed by atoms with van der Waals surface area (Å²) in [4.78, 5) is 2.50. The number of hydrogen-bond acceptors (Lipinski definition) is 3. The van der Waals surface area contributed by atoms with E-state index < -0.39 is 12.1 Å². The fourth-order valence-electron chi connectivity index (χ4n) is 1.14. The van der Waals surface area contributed by atoms with Crippen LogP contribution < -0.4 is 4.74 Å². The second kappa shape index (κ2) is 6.42. The third-order valence-electron chi connectivity index (χ3n) is 1.81. The molecule has 0 aliphatic rings. The van der Waals surface area contributed by atoms with Gasteiger partial charge in [0.15, 0.2) is 0 Å². The van der Waals surface area contributed by atoms with Gasteiger partial charge in [-0.15, -0.1) is 13.2 Å². The first kappa shape index (κ1) is 14.5. The summed E-state index contributed by atoms with van der Waals surface area (Å²) < 4.78 is 40.1. The van der Waals surface area contributed by atoms with Crippen LogP contribution in [0.3, 0.4) is 0 Å². The topological polar surface area (TPSA) is 78.2 Å². The predicted octanol–water partition coefficient (Wildman–Crippen LogP) is 3.34.